The molecule has 0 spiro atoms. The zero-order valence-corrected chi connectivity index (χ0v) is 8.88. The van der Waals surface area contributed by atoms with Crippen LogP contribution in [0.5, 0.6) is 0 Å². The van der Waals surface area contributed by atoms with E-state index in [-0.39, 0.29) is 5.56 Å². The van der Waals surface area contributed by atoms with E-state index in [9.17, 15) is 4.79 Å². The molecule has 0 radical (unpaired) electrons. The average molecular weight is 211 g/mol. The maximum absolute atomic E-state index is 10.9. The molecule has 1 aliphatic rings. The van der Waals surface area contributed by atoms with Crippen molar-refractivity contribution < 1.29 is 0 Å². The van der Waals surface area contributed by atoms with Gasteiger partial charge in [-0.05, 0) is 19.3 Å². The number of nitrogens with one attached hydrogen (secondary N) is 1. The van der Waals surface area contributed by atoms with Crippen molar-refractivity contribution in [3.63, 3.8) is 0 Å². The standard InChI is InChI=1S/C9H13N3OS/c1-11-4-7(5-11)6-12-3-2-8(13)10-9(12)14/h2-3,7H,4-6H2,1H3,(H,10,13,14). The molecule has 76 valence electrons. The van der Waals surface area contributed by atoms with Crippen molar-refractivity contribution >= 4 is 12.2 Å². The summed E-state index contributed by atoms with van der Waals surface area (Å²) in [5.74, 6) is 0.664. The van der Waals surface area contributed by atoms with Crippen molar-refractivity contribution in [2.24, 2.45) is 5.92 Å². The minimum Gasteiger partial charge on any atom is -0.325 e. The second-order valence-corrected chi connectivity index (χ2v) is 4.24. The van der Waals surface area contributed by atoms with E-state index >= 15 is 0 Å². The van der Waals surface area contributed by atoms with E-state index in [4.69, 9.17) is 12.2 Å². The van der Waals surface area contributed by atoms with Crippen LogP contribution in [0.25, 0.3) is 0 Å². The van der Waals surface area contributed by atoms with Gasteiger partial charge in [0, 0.05) is 37.8 Å². The number of likely N-dealkylation sites (tertiary alicyclic amines) is 1. The Morgan fingerprint density at radius 1 is 1.64 bits per heavy atom. The second kappa shape index (κ2) is 3.67. The van der Waals surface area contributed by atoms with Crippen LogP contribution in [0, 0.1) is 10.7 Å². The third-order valence-electron chi connectivity index (χ3n) is 2.49. The monoisotopic (exact) mass is 211 g/mol. The number of hydrogen-bond acceptors (Lipinski definition) is 3. The summed E-state index contributed by atoms with van der Waals surface area (Å²) in [5.41, 5.74) is -0.128. The third kappa shape index (κ3) is 1.93. The number of nitrogens with zero attached hydrogens (tertiary/aromatic N) is 2. The first kappa shape index (κ1) is 9.61. The highest BCUT2D eigenvalue weighted by molar-refractivity contribution is 7.71. The molecule has 0 saturated carbocycles. The Bertz CT molecular complexity index is 430. The third-order valence-corrected chi connectivity index (χ3v) is 2.83. The summed E-state index contributed by atoms with van der Waals surface area (Å²) in [7, 11) is 2.10. The van der Waals surface area contributed by atoms with Gasteiger partial charge in [0.2, 0.25) is 0 Å². The van der Waals surface area contributed by atoms with Gasteiger partial charge in [0.15, 0.2) is 4.77 Å². The topological polar surface area (TPSA) is 41.0 Å². The smallest absolute Gasteiger partial charge is 0.251 e. The van der Waals surface area contributed by atoms with E-state index in [1.807, 2.05) is 4.57 Å². The van der Waals surface area contributed by atoms with Crippen LogP contribution in [0.15, 0.2) is 17.1 Å². The van der Waals surface area contributed by atoms with E-state index in [0.29, 0.717) is 10.7 Å². The summed E-state index contributed by atoms with van der Waals surface area (Å²) < 4.78 is 2.45. The molecule has 0 atom stereocenters. The van der Waals surface area contributed by atoms with Gasteiger partial charge in [0.1, 0.15) is 0 Å². The molecule has 1 aliphatic heterocycles. The van der Waals surface area contributed by atoms with Crippen molar-refractivity contribution in [1.29, 1.82) is 0 Å². The normalized spacial score (nSPS) is 18.1. The van der Waals surface area contributed by atoms with Crippen LogP contribution in [0.3, 0.4) is 0 Å². The lowest BCUT2D eigenvalue weighted by molar-refractivity contribution is 0.118. The lowest BCUT2D eigenvalue weighted by Crippen LogP contribution is -2.45. The van der Waals surface area contributed by atoms with Gasteiger partial charge in [0.05, 0.1) is 0 Å². The first-order valence-electron chi connectivity index (χ1n) is 4.63. The zero-order chi connectivity index (χ0) is 10.1. The van der Waals surface area contributed by atoms with Crippen molar-refractivity contribution in [3.8, 4) is 0 Å². The van der Waals surface area contributed by atoms with Crippen LogP contribution < -0.4 is 5.56 Å². The highest BCUT2D eigenvalue weighted by Crippen LogP contribution is 2.14. The molecule has 0 aromatic carbocycles. The predicted octanol–water partition coefficient (Wildman–Crippen LogP) is 0.467. The molecule has 0 unspecified atom stereocenters. The van der Waals surface area contributed by atoms with E-state index in [2.05, 4.69) is 16.9 Å². The molecule has 1 saturated heterocycles. The molecule has 0 aliphatic carbocycles. The first-order chi connectivity index (χ1) is 6.65. The van der Waals surface area contributed by atoms with Crippen LogP contribution >= 0.6 is 12.2 Å². The van der Waals surface area contributed by atoms with Gasteiger partial charge in [-0.15, -0.1) is 0 Å². The van der Waals surface area contributed by atoms with Gasteiger partial charge in [-0.25, -0.2) is 0 Å². The van der Waals surface area contributed by atoms with Gasteiger partial charge < -0.3 is 9.47 Å². The number of rotatable bonds is 2. The number of H-pyrrole nitrogens is 1. The van der Waals surface area contributed by atoms with Gasteiger partial charge in [-0.1, -0.05) is 0 Å². The molecule has 4 nitrogen and oxygen atoms in total. The maximum Gasteiger partial charge on any atom is 0.251 e. The Balaban J connectivity index is 2.10. The van der Waals surface area contributed by atoms with Crippen LogP contribution in [0.1, 0.15) is 0 Å². The molecule has 2 rings (SSSR count). The summed E-state index contributed by atoms with van der Waals surface area (Å²) in [5, 5.41) is 0. The minimum atomic E-state index is -0.128. The lowest BCUT2D eigenvalue weighted by Gasteiger charge is -2.36. The molecule has 14 heavy (non-hydrogen) atoms. The van der Waals surface area contributed by atoms with Crippen LogP contribution in [-0.2, 0) is 6.54 Å². The summed E-state index contributed by atoms with van der Waals surface area (Å²) in [6, 6.07) is 1.51. The van der Waals surface area contributed by atoms with E-state index in [1.54, 1.807) is 6.20 Å². The van der Waals surface area contributed by atoms with E-state index in [0.717, 1.165) is 19.6 Å². The molecule has 1 fully saturated rings. The second-order valence-electron chi connectivity index (χ2n) is 3.85. The van der Waals surface area contributed by atoms with Gasteiger partial charge in [0.25, 0.3) is 5.56 Å². The van der Waals surface area contributed by atoms with Crippen molar-refractivity contribution in [2.45, 2.75) is 6.54 Å². The predicted molar refractivity (Wildman–Crippen MR) is 56.9 cm³/mol. The van der Waals surface area contributed by atoms with Crippen molar-refractivity contribution in [2.75, 3.05) is 20.1 Å². The Morgan fingerprint density at radius 2 is 2.36 bits per heavy atom. The van der Waals surface area contributed by atoms with Crippen molar-refractivity contribution in [3.05, 3.63) is 27.4 Å². The lowest BCUT2D eigenvalue weighted by atomic mass is 10.0. The largest absolute Gasteiger partial charge is 0.325 e. The highest BCUT2D eigenvalue weighted by atomic mass is 32.1. The van der Waals surface area contributed by atoms with Gasteiger partial charge >= 0.3 is 0 Å². The van der Waals surface area contributed by atoms with Crippen molar-refractivity contribution in [1.82, 2.24) is 14.5 Å². The Labute approximate surface area is 87.2 Å². The van der Waals surface area contributed by atoms with Crippen LogP contribution in [-0.4, -0.2) is 34.6 Å². The Morgan fingerprint density at radius 3 is 2.93 bits per heavy atom. The molecular weight excluding hydrogens is 198 g/mol. The molecular formula is C9H13N3OS. The molecule has 2 heterocycles. The summed E-state index contributed by atoms with van der Waals surface area (Å²) in [6.45, 7) is 3.13. The number of aromatic nitrogens is 2. The van der Waals surface area contributed by atoms with E-state index < -0.39 is 0 Å². The fraction of sp³-hybridized carbons (Fsp3) is 0.556. The Kier molecular flexibility index (Phi) is 2.52. The zero-order valence-electron chi connectivity index (χ0n) is 8.06. The molecule has 1 aromatic heterocycles. The van der Waals surface area contributed by atoms with Crippen LogP contribution in [0.4, 0.5) is 0 Å². The first-order valence-corrected chi connectivity index (χ1v) is 5.04. The molecule has 1 aromatic rings. The molecule has 1 N–H and O–H groups in total. The average Bonchev–Trinajstić information content (AvgIpc) is 2.06. The summed E-state index contributed by atoms with van der Waals surface area (Å²) in [6.07, 6.45) is 1.76. The summed E-state index contributed by atoms with van der Waals surface area (Å²) in [4.78, 5) is 15.8. The van der Waals surface area contributed by atoms with Crippen LogP contribution in [0.2, 0.25) is 0 Å². The number of aromatic amines is 1. The van der Waals surface area contributed by atoms with Gasteiger partial charge in [-0.2, -0.15) is 0 Å². The molecule has 0 amide bonds. The maximum atomic E-state index is 10.9. The van der Waals surface area contributed by atoms with E-state index in [1.165, 1.54) is 6.07 Å². The Hall–Kier alpha value is -0.940. The quantitative estimate of drug-likeness (QED) is 0.723. The highest BCUT2D eigenvalue weighted by Gasteiger charge is 2.23. The molecule has 0 bridgehead atoms. The fourth-order valence-electron chi connectivity index (χ4n) is 1.81. The fourth-order valence-corrected chi connectivity index (χ4v) is 2.05. The van der Waals surface area contributed by atoms with Gasteiger partial charge in [-0.3, -0.25) is 9.78 Å². The summed E-state index contributed by atoms with van der Waals surface area (Å²) >= 11 is 5.05. The number of hydrogen-bond donors (Lipinski definition) is 1. The minimum absolute atomic E-state index is 0.128. The molecule has 5 heteroatoms. The SMILES string of the molecule is CN1CC(Cn2ccc(=O)[nH]c2=S)C1.